The topological polar surface area (TPSA) is 113 Å². The van der Waals surface area contributed by atoms with Crippen molar-refractivity contribution >= 4 is 51.2 Å². The van der Waals surface area contributed by atoms with Crippen molar-refractivity contribution in [2.45, 2.75) is 27.2 Å². The van der Waals surface area contributed by atoms with Crippen molar-refractivity contribution in [2.75, 3.05) is 10.6 Å². The van der Waals surface area contributed by atoms with Crippen LogP contribution in [0.4, 0.5) is 16.5 Å². The summed E-state index contributed by atoms with van der Waals surface area (Å²) in [5, 5.41) is 11.9. The largest absolute Gasteiger partial charge is 0.355 e. The lowest BCUT2D eigenvalue weighted by atomic mass is 9.88. The van der Waals surface area contributed by atoms with Gasteiger partial charge in [-0.2, -0.15) is 5.10 Å². The van der Waals surface area contributed by atoms with Crippen molar-refractivity contribution in [3.63, 3.8) is 0 Å². The Labute approximate surface area is 196 Å². The van der Waals surface area contributed by atoms with E-state index >= 15 is 0 Å². The van der Waals surface area contributed by atoms with Crippen LogP contribution in [0.25, 0.3) is 0 Å². The molecule has 2 amide bonds. The zero-order chi connectivity index (χ0) is 23.8. The second-order valence-electron chi connectivity index (χ2n) is 8.18. The number of carbonyl (C=O) groups excluding carboxylic acids is 3. The average Bonchev–Trinajstić information content (AvgIpc) is 3.29. The third-order valence-electron chi connectivity index (χ3n) is 4.60. The van der Waals surface area contributed by atoms with Crippen molar-refractivity contribution in [1.29, 1.82) is 0 Å². The van der Waals surface area contributed by atoms with Crippen LogP contribution in [0.15, 0.2) is 71.3 Å². The maximum Gasteiger partial charge on any atom is 0.274 e. The van der Waals surface area contributed by atoms with Gasteiger partial charge in [-0.1, -0.05) is 51.1 Å². The summed E-state index contributed by atoms with van der Waals surface area (Å²) in [6.07, 6.45) is 1.32. The number of para-hydroxylation sites is 2. The molecule has 0 fully saturated rings. The van der Waals surface area contributed by atoms with Gasteiger partial charge < -0.3 is 5.32 Å². The van der Waals surface area contributed by atoms with Gasteiger partial charge in [0, 0.05) is 22.7 Å². The highest BCUT2D eigenvalue weighted by Crippen LogP contribution is 2.21. The van der Waals surface area contributed by atoms with Gasteiger partial charge in [-0.25, -0.2) is 10.4 Å². The van der Waals surface area contributed by atoms with E-state index in [-0.39, 0.29) is 17.9 Å². The number of hydrazone groups is 1. The number of Topliss-reactive ketones (excluding diaryl/α,β-unsaturated/α-hetero) is 1. The van der Waals surface area contributed by atoms with Crippen molar-refractivity contribution < 1.29 is 14.4 Å². The Bertz CT molecular complexity index is 1150. The SMILES string of the molecule is CC(C)(C)C(=O)CC(=NNC(=O)c1ccccc1Nc1ccccc1)C(=O)Nc1nccs1. The number of benzene rings is 2. The minimum absolute atomic E-state index is 0.105. The molecule has 8 nitrogen and oxygen atoms in total. The van der Waals surface area contributed by atoms with E-state index in [1.165, 1.54) is 11.3 Å². The first-order valence-corrected chi connectivity index (χ1v) is 11.1. The number of amides is 2. The normalized spacial score (nSPS) is 11.5. The Morgan fingerprint density at radius 2 is 1.70 bits per heavy atom. The van der Waals surface area contributed by atoms with Crippen LogP contribution < -0.4 is 16.1 Å². The summed E-state index contributed by atoms with van der Waals surface area (Å²) in [6, 6.07) is 16.4. The van der Waals surface area contributed by atoms with Crippen LogP contribution in [-0.2, 0) is 9.59 Å². The Hall–Kier alpha value is -3.85. The number of anilines is 3. The molecule has 9 heteroatoms. The highest BCUT2D eigenvalue weighted by molar-refractivity contribution is 7.13. The third-order valence-corrected chi connectivity index (χ3v) is 5.28. The maximum absolute atomic E-state index is 12.9. The van der Waals surface area contributed by atoms with E-state index in [1.807, 2.05) is 30.3 Å². The molecule has 3 aromatic rings. The molecule has 0 saturated carbocycles. The smallest absolute Gasteiger partial charge is 0.274 e. The van der Waals surface area contributed by atoms with Gasteiger partial charge >= 0.3 is 0 Å². The Morgan fingerprint density at radius 1 is 1.00 bits per heavy atom. The molecule has 0 aliphatic carbocycles. The van der Waals surface area contributed by atoms with E-state index in [0.717, 1.165) is 5.69 Å². The third kappa shape index (κ3) is 6.81. The lowest BCUT2D eigenvalue weighted by molar-refractivity contribution is -0.125. The number of rotatable bonds is 8. The molecule has 33 heavy (non-hydrogen) atoms. The minimum Gasteiger partial charge on any atom is -0.355 e. The Morgan fingerprint density at radius 3 is 2.36 bits per heavy atom. The van der Waals surface area contributed by atoms with Crippen LogP contribution in [-0.4, -0.2) is 28.3 Å². The highest BCUT2D eigenvalue weighted by atomic mass is 32.1. The first-order valence-electron chi connectivity index (χ1n) is 10.3. The molecule has 1 heterocycles. The number of nitrogens with one attached hydrogen (secondary N) is 3. The van der Waals surface area contributed by atoms with E-state index in [4.69, 9.17) is 0 Å². The molecule has 0 atom stereocenters. The number of nitrogens with zero attached hydrogens (tertiary/aromatic N) is 2. The van der Waals surface area contributed by atoms with Crippen LogP contribution in [0, 0.1) is 5.41 Å². The highest BCUT2D eigenvalue weighted by Gasteiger charge is 2.26. The van der Waals surface area contributed by atoms with E-state index in [9.17, 15) is 14.4 Å². The molecule has 0 aliphatic heterocycles. The molecule has 170 valence electrons. The van der Waals surface area contributed by atoms with Crippen LogP contribution in [0.1, 0.15) is 37.6 Å². The van der Waals surface area contributed by atoms with Crippen LogP contribution in [0.3, 0.4) is 0 Å². The fourth-order valence-electron chi connectivity index (χ4n) is 2.69. The first-order chi connectivity index (χ1) is 15.7. The van der Waals surface area contributed by atoms with Gasteiger partial charge in [0.15, 0.2) is 5.13 Å². The number of carbonyl (C=O) groups is 3. The van der Waals surface area contributed by atoms with Crippen LogP contribution >= 0.6 is 11.3 Å². The van der Waals surface area contributed by atoms with Gasteiger partial charge in [-0.15, -0.1) is 11.3 Å². The minimum atomic E-state index is -0.668. The maximum atomic E-state index is 12.9. The van der Waals surface area contributed by atoms with Crippen molar-refractivity contribution in [3.8, 4) is 0 Å². The fraction of sp³-hybridized carbons (Fsp3) is 0.208. The van der Waals surface area contributed by atoms with E-state index in [1.54, 1.807) is 56.6 Å². The summed E-state index contributed by atoms with van der Waals surface area (Å²) < 4.78 is 0. The average molecular weight is 464 g/mol. The number of hydrogen-bond acceptors (Lipinski definition) is 7. The molecule has 0 radical (unpaired) electrons. The number of thiazole rings is 1. The van der Waals surface area contributed by atoms with Gasteiger partial charge in [0.2, 0.25) is 0 Å². The number of hydrogen-bond donors (Lipinski definition) is 3. The predicted octanol–water partition coefficient (Wildman–Crippen LogP) is 4.62. The lowest BCUT2D eigenvalue weighted by Gasteiger charge is -2.17. The molecule has 3 N–H and O–H groups in total. The van der Waals surface area contributed by atoms with Gasteiger partial charge in [0.25, 0.3) is 11.8 Å². The molecule has 0 spiro atoms. The lowest BCUT2D eigenvalue weighted by Crippen LogP contribution is -2.32. The van der Waals surface area contributed by atoms with Crippen LogP contribution in [0.5, 0.6) is 0 Å². The zero-order valence-corrected chi connectivity index (χ0v) is 19.4. The Kier molecular flexibility index (Phi) is 7.68. The summed E-state index contributed by atoms with van der Waals surface area (Å²) in [5.41, 5.74) is 3.39. The Balaban J connectivity index is 1.81. The standard InChI is InChI=1S/C24H25N5O3S/c1-24(2,3)20(30)15-19(22(32)27-23-25-13-14-33-23)28-29-21(31)17-11-7-8-12-18(17)26-16-9-5-4-6-10-16/h4-14,26H,15H2,1-3H3,(H,29,31)(H,25,27,32). The quantitative estimate of drug-likeness (QED) is 0.333. The summed E-state index contributed by atoms with van der Waals surface area (Å²) in [4.78, 5) is 42.2. The summed E-state index contributed by atoms with van der Waals surface area (Å²) in [5.74, 6) is -1.30. The second-order valence-corrected chi connectivity index (χ2v) is 9.07. The number of aromatic nitrogens is 1. The molecule has 0 aliphatic rings. The molecule has 0 bridgehead atoms. The summed E-state index contributed by atoms with van der Waals surface area (Å²) >= 11 is 1.24. The van der Waals surface area contributed by atoms with Gasteiger partial charge in [0.05, 0.1) is 17.7 Å². The van der Waals surface area contributed by atoms with E-state index in [0.29, 0.717) is 16.4 Å². The van der Waals surface area contributed by atoms with Crippen LogP contribution in [0.2, 0.25) is 0 Å². The zero-order valence-electron chi connectivity index (χ0n) is 18.6. The first kappa shape index (κ1) is 23.8. The molecule has 2 aromatic carbocycles. The van der Waals surface area contributed by atoms with E-state index < -0.39 is 17.2 Å². The molecular formula is C24H25N5O3S. The summed E-state index contributed by atoms with van der Waals surface area (Å²) in [7, 11) is 0. The van der Waals surface area contributed by atoms with Gasteiger partial charge in [0.1, 0.15) is 11.5 Å². The van der Waals surface area contributed by atoms with Gasteiger partial charge in [-0.3, -0.25) is 19.7 Å². The summed E-state index contributed by atoms with van der Waals surface area (Å²) in [6.45, 7) is 5.28. The van der Waals surface area contributed by atoms with Gasteiger partial charge in [-0.05, 0) is 24.3 Å². The monoisotopic (exact) mass is 463 g/mol. The molecule has 0 saturated heterocycles. The fourth-order valence-corrected chi connectivity index (χ4v) is 3.21. The molecular weight excluding hydrogens is 438 g/mol. The second kappa shape index (κ2) is 10.6. The molecule has 3 rings (SSSR count). The predicted molar refractivity (Wildman–Crippen MR) is 131 cm³/mol. The van der Waals surface area contributed by atoms with Crippen molar-refractivity contribution in [1.82, 2.24) is 10.4 Å². The van der Waals surface area contributed by atoms with E-state index in [2.05, 4.69) is 26.1 Å². The number of ketones is 1. The molecule has 1 aromatic heterocycles. The van der Waals surface area contributed by atoms with Crippen molar-refractivity contribution in [2.24, 2.45) is 10.5 Å². The molecule has 0 unspecified atom stereocenters. The van der Waals surface area contributed by atoms with Crippen molar-refractivity contribution in [3.05, 3.63) is 71.7 Å².